The van der Waals surface area contributed by atoms with Crippen LogP contribution in [0.25, 0.3) is 0 Å². The molecule has 8 nitrogen and oxygen atoms in total. The molecule has 3 heterocycles. The molecular formula is C21H34N3O5+. The number of rotatable bonds is 9. The molecule has 2 amide bonds. The van der Waals surface area contributed by atoms with Crippen molar-refractivity contribution in [3.63, 3.8) is 0 Å². The number of hydrogen-bond donors (Lipinski definition) is 2. The van der Waals surface area contributed by atoms with Gasteiger partial charge in [0.2, 0.25) is 5.91 Å². The summed E-state index contributed by atoms with van der Waals surface area (Å²) in [5, 5.41) is 2.98. The van der Waals surface area contributed by atoms with Crippen LogP contribution in [0, 0.1) is 13.8 Å². The molecule has 1 atom stereocenters. The van der Waals surface area contributed by atoms with Crippen LogP contribution < -0.4 is 10.2 Å². The Balaban J connectivity index is 1.49. The lowest BCUT2D eigenvalue weighted by molar-refractivity contribution is -0.906. The Bertz CT molecular complexity index is 678. The molecule has 0 bridgehead atoms. The first-order valence-electron chi connectivity index (χ1n) is 10.7. The van der Waals surface area contributed by atoms with Crippen molar-refractivity contribution in [3.8, 4) is 0 Å². The molecule has 2 aliphatic heterocycles. The molecule has 2 fully saturated rings. The van der Waals surface area contributed by atoms with E-state index in [1.54, 1.807) is 17.9 Å². The molecule has 3 rings (SSSR count). The molecule has 2 aliphatic rings. The quantitative estimate of drug-likeness (QED) is 0.598. The number of carbonyl (C=O) groups is 2. The van der Waals surface area contributed by atoms with Gasteiger partial charge in [-0.1, -0.05) is 0 Å². The van der Waals surface area contributed by atoms with Gasteiger partial charge in [-0.25, -0.2) is 0 Å². The predicted octanol–water partition coefficient (Wildman–Crippen LogP) is -0.0610. The topological polar surface area (TPSA) is 85.5 Å². The second kappa shape index (κ2) is 10.8. The maximum absolute atomic E-state index is 13.1. The van der Waals surface area contributed by atoms with Gasteiger partial charge in [0.15, 0.2) is 0 Å². The summed E-state index contributed by atoms with van der Waals surface area (Å²) in [6.45, 7) is 10.4. The first kappa shape index (κ1) is 21.8. The molecule has 0 aliphatic carbocycles. The molecule has 1 aromatic heterocycles. The van der Waals surface area contributed by atoms with Crippen LogP contribution in [0.15, 0.2) is 10.5 Å². The summed E-state index contributed by atoms with van der Waals surface area (Å²) in [5.74, 6) is 1.21. The van der Waals surface area contributed by atoms with E-state index in [-0.39, 0.29) is 24.3 Å². The summed E-state index contributed by atoms with van der Waals surface area (Å²) < 4.78 is 16.6. The van der Waals surface area contributed by atoms with Crippen LogP contribution >= 0.6 is 0 Å². The molecule has 8 heteroatoms. The zero-order chi connectivity index (χ0) is 20.6. The molecule has 2 saturated heterocycles. The number of nitrogens with one attached hydrogen (secondary N) is 2. The summed E-state index contributed by atoms with van der Waals surface area (Å²) in [7, 11) is 0. The largest absolute Gasteiger partial charge is 0.466 e. The first-order chi connectivity index (χ1) is 14.0. The molecular weight excluding hydrogens is 374 g/mol. The van der Waals surface area contributed by atoms with E-state index in [2.05, 4.69) is 5.32 Å². The molecule has 2 N–H and O–H groups in total. The molecule has 0 aromatic carbocycles. The molecule has 1 aromatic rings. The Hall–Kier alpha value is -1.90. The summed E-state index contributed by atoms with van der Waals surface area (Å²) in [6.07, 6.45) is 2.29. The monoisotopic (exact) mass is 408 g/mol. The van der Waals surface area contributed by atoms with Crippen LogP contribution in [0.1, 0.15) is 41.1 Å². The van der Waals surface area contributed by atoms with Crippen molar-refractivity contribution in [2.45, 2.75) is 39.2 Å². The van der Waals surface area contributed by atoms with Crippen molar-refractivity contribution in [2.75, 3.05) is 59.1 Å². The number of nitrogens with zero attached hydrogens (tertiary/aromatic N) is 1. The smallest absolute Gasteiger partial charge is 0.257 e. The lowest BCUT2D eigenvalue weighted by Gasteiger charge is -2.25. The van der Waals surface area contributed by atoms with Crippen molar-refractivity contribution in [1.82, 2.24) is 10.2 Å². The summed E-state index contributed by atoms with van der Waals surface area (Å²) >= 11 is 0. The number of ether oxygens (including phenoxy) is 2. The lowest BCUT2D eigenvalue weighted by atomic mass is 10.1. The van der Waals surface area contributed by atoms with Crippen molar-refractivity contribution in [3.05, 3.63) is 23.2 Å². The van der Waals surface area contributed by atoms with E-state index in [0.717, 1.165) is 52.3 Å². The lowest BCUT2D eigenvalue weighted by Crippen LogP contribution is -3.14. The van der Waals surface area contributed by atoms with Gasteiger partial charge in [0.25, 0.3) is 5.91 Å². The average Bonchev–Trinajstić information content (AvgIpc) is 3.34. The highest BCUT2D eigenvalue weighted by molar-refractivity contribution is 5.95. The highest BCUT2D eigenvalue weighted by Crippen LogP contribution is 2.19. The van der Waals surface area contributed by atoms with Crippen molar-refractivity contribution in [2.24, 2.45) is 0 Å². The minimum Gasteiger partial charge on any atom is -0.466 e. The molecule has 162 valence electrons. The van der Waals surface area contributed by atoms with Gasteiger partial charge in [0.05, 0.1) is 38.0 Å². The predicted molar refractivity (Wildman–Crippen MR) is 107 cm³/mol. The highest BCUT2D eigenvalue weighted by atomic mass is 16.5. The Labute approximate surface area is 172 Å². The second-order valence-corrected chi connectivity index (χ2v) is 7.93. The van der Waals surface area contributed by atoms with Gasteiger partial charge in [-0.05, 0) is 32.8 Å². The summed E-state index contributed by atoms with van der Waals surface area (Å²) in [6, 6.07) is 1.77. The van der Waals surface area contributed by atoms with E-state index >= 15 is 0 Å². The number of morpholine rings is 1. The van der Waals surface area contributed by atoms with Gasteiger partial charge < -0.3 is 29.0 Å². The molecule has 0 radical (unpaired) electrons. The van der Waals surface area contributed by atoms with Crippen LogP contribution in [0.3, 0.4) is 0 Å². The van der Waals surface area contributed by atoms with Gasteiger partial charge >= 0.3 is 0 Å². The third-order valence-electron chi connectivity index (χ3n) is 5.62. The molecule has 0 saturated carbocycles. The number of carbonyl (C=O) groups excluding carboxylic acids is 2. The second-order valence-electron chi connectivity index (χ2n) is 7.93. The van der Waals surface area contributed by atoms with E-state index in [9.17, 15) is 9.59 Å². The fraction of sp³-hybridized carbons (Fsp3) is 0.714. The fourth-order valence-electron chi connectivity index (χ4n) is 3.94. The van der Waals surface area contributed by atoms with E-state index in [1.807, 2.05) is 6.92 Å². The van der Waals surface area contributed by atoms with Crippen LogP contribution in [-0.4, -0.2) is 81.9 Å². The van der Waals surface area contributed by atoms with Crippen molar-refractivity contribution < 1.29 is 28.4 Å². The van der Waals surface area contributed by atoms with E-state index in [4.69, 9.17) is 13.9 Å². The van der Waals surface area contributed by atoms with Crippen LogP contribution in [0.4, 0.5) is 0 Å². The number of aryl methyl sites for hydroxylation is 2. The minimum atomic E-state index is -0.0968. The van der Waals surface area contributed by atoms with E-state index in [0.29, 0.717) is 36.7 Å². The van der Waals surface area contributed by atoms with Gasteiger partial charge in [-0.3, -0.25) is 9.59 Å². The van der Waals surface area contributed by atoms with Gasteiger partial charge in [-0.15, -0.1) is 0 Å². The Morgan fingerprint density at radius 2 is 2.03 bits per heavy atom. The molecule has 0 unspecified atom stereocenters. The molecule has 0 spiro atoms. The van der Waals surface area contributed by atoms with E-state index in [1.165, 1.54) is 4.90 Å². The summed E-state index contributed by atoms with van der Waals surface area (Å²) in [5.41, 5.74) is 0.567. The van der Waals surface area contributed by atoms with Crippen LogP contribution in [0.2, 0.25) is 0 Å². The zero-order valence-electron chi connectivity index (χ0n) is 17.6. The van der Waals surface area contributed by atoms with Crippen molar-refractivity contribution in [1.29, 1.82) is 0 Å². The van der Waals surface area contributed by atoms with Crippen molar-refractivity contribution >= 4 is 11.8 Å². The normalized spacial score (nSPS) is 20.0. The number of hydrogen-bond acceptors (Lipinski definition) is 5. The number of furan rings is 1. The Morgan fingerprint density at radius 1 is 1.24 bits per heavy atom. The molecule has 29 heavy (non-hydrogen) atoms. The summed E-state index contributed by atoms with van der Waals surface area (Å²) in [4.78, 5) is 28.6. The van der Waals surface area contributed by atoms with Gasteiger partial charge in [-0.2, -0.15) is 0 Å². The first-order valence-corrected chi connectivity index (χ1v) is 10.7. The highest BCUT2D eigenvalue weighted by Gasteiger charge is 2.26. The van der Waals surface area contributed by atoms with Gasteiger partial charge in [0, 0.05) is 26.1 Å². The average molecular weight is 409 g/mol. The standard InChI is InChI=1S/C21H33N3O5/c1-16-14-19(17(2)29-16)21(26)24(15-18-4-3-11-28-18)7-5-20(25)22-6-8-23-9-12-27-13-10-23/h14,18H,3-13,15H2,1-2H3,(H,22,25)/p+1/t18-/m1/s1. The number of amides is 2. The third kappa shape index (κ3) is 6.55. The zero-order valence-corrected chi connectivity index (χ0v) is 17.6. The Kier molecular flexibility index (Phi) is 8.09. The SMILES string of the molecule is Cc1cc(C(=O)N(CCC(=O)NCC[NH+]2CCOCC2)C[C@H]2CCCO2)c(C)o1. The Morgan fingerprint density at radius 3 is 2.69 bits per heavy atom. The minimum absolute atomic E-state index is 0.0251. The third-order valence-corrected chi connectivity index (χ3v) is 5.62. The fourth-order valence-corrected chi connectivity index (χ4v) is 3.94. The van der Waals surface area contributed by atoms with Gasteiger partial charge in [0.1, 0.15) is 24.6 Å². The van der Waals surface area contributed by atoms with Crippen LogP contribution in [-0.2, 0) is 14.3 Å². The van der Waals surface area contributed by atoms with E-state index < -0.39 is 0 Å². The maximum Gasteiger partial charge on any atom is 0.257 e. The number of quaternary nitrogens is 1. The maximum atomic E-state index is 13.1. The van der Waals surface area contributed by atoms with Crippen LogP contribution in [0.5, 0.6) is 0 Å².